The second-order valence-corrected chi connectivity index (χ2v) is 4.37. The number of rotatable bonds is 6. The van der Waals surface area contributed by atoms with Gasteiger partial charge in [0.15, 0.2) is 0 Å². The van der Waals surface area contributed by atoms with Gasteiger partial charge in [-0.1, -0.05) is 13.3 Å². The number of carbonyl (C=O) groups is 1. The maximum absolute atomic E-state index is 11.4. The summed E-state index contributed by atoms with van der Waals surface area (Å²) in [6.45, 7) is 2.05. The van der Waals surface area contributed by atoms with Gasteiger partial charge in [-0.2, -0.15) is 0 Å². The summed E-state index contributed by atoms with van der Waals surface area (Å²) >= 11 is 1.55. The van der Waals surface area contributed by atoms with Crippen LogP contribution in [0.15, 0.2) is 22.8 Å². The van der Waals surface area contributed by atoms with Gasteiger partial charge in [0.1, 0.15) is 5.76 Å². The lowest BCUT2D eigenvalue weighted by Crippen LogP contribution is -2.37. The van der Waals surface area contributed by atoms with Crippen molar-refractivity contribution in [2.24, 2.45) is 5.84 Å². The lowest BCUT2D eigenvalue weighted by molar-refractivity contribution is -0.120. The number of hydrogen-bond donors (Lipinski definition) is 2. The van der Waals surface area contributed by atoms with Crippen molar-refractivity contribution in [1.29, 1.82) is 0 Å². The maximum Gasteiger partial charge on any atom is 0.246 e. The molecule has 1 heterocycles. The first kappa shape index (κ1) is 12.1. The maximum atomic E-state index is 11.4. The van der Waals surface area contributed by atoms with Gasteiger partial charge >= 0.3 is 0 Å². The van der Waals surface area contributed by atoms with E-state index in [-0.39, 0.29) is 11.2 Å². The van der Waals surface area contributed by atoms with Gasteiger partial charge in [-0.25, -0.2) is 5.84 Å². The number of nitrogens with one attached hydrogen (secondary N) is 1. The van der Waals surface area contributed by atoms with E-state index in [1.54, 1.807) is 18.0 Å². The van der Waals surface area contributed by atoms with Crippen LogP contribution in [0.1, 0.15) is 25.5 Å². The molecule has 4 nitrogen and oxygen atoms in total. The Balaban J connectivity index is 2.41. The topological polar surface area (TPSA) is 68.3 Å². The minimum atomic E-state index is -0.117. The molecule has 0 aliphatic heterocycles. The molecule has 5 heteroatoms. The average molecular weight is 228 g/mol. The molecule has 0 aromatic carbocycles. The minimum Gasteiger partial charge on any atom is -0.468 e. The highest BCUT2D eigenvalue weighted by Crippen LogP contribution is 2.21. The van der Waals surface area contributed by atoms with E-state index < -0.39 is 0 Å². The van der Waals surface area contributed by atoms with Gasteiger partial charge in [0.25, 0.3) is 0 Å². The third-order valence-electron chi connectivity index (χ3n) is 1.99. The van der Waals surface area contributed by atoms with Gasteiger partial charge < -0.3 is 4.42 Å². The predicted molar refractivity (Wildman–Crippen MR) is 61.0 cm³/mol. The van der Waals surface area contributed by atoms with Gasteiger partial charge in [-0.15, -0.1) is 11.8 Å². The van der Waals surface area contributed by atoms with Crippen molar-refractivity contribution in [2.45, 2.75) is 30.8 Å². The van der Waals surface area contributed by atoms with Crippen LogP contribution >= 0.6 is 11.8 Å². The van der Waals surface area contributed by atoms with Crippen molar-refractivity contribution in [1.82, 2.24) is 5.43 Å². The van der Waals surface area contributed by atoms with Crippen LogP contribution < -0.4 is 11.3 Å². The molecule has 0 fully saturated rings. The molecule has 1 aromatic heterocycles. The van der Waals surface area contributed by atoms with Crippen LogP contribution in [0.5, 0.6) is 0 Å². The van der Waals surface area contributed by atoms with Gasteiger partial charge in [-0.3, -0.25) is 10.2 Å². The zero-order valence-electron chi connectivity index (χ0n) is 8.73. The number of hydrogen-bond acceptors (Lipinski definition) is 4. The Morgan fingerprint density at radius 1 is 1.73 bits per heavy atom. The first-order chi connectivity index (χ1) is 7.27. The highest BCUT2D eigenvalue weighted by atomic mass is 32.2. The Kier molecular flexibility index (Phi) is 5.28. The highest BCUT2D eigenvalue weighted by Gasteiger charge is 2.17. The first-order valence-corrected chi connectivity index (χ1v) is 5.97. The van der Waals surface area contributed by atoms with E-state index in [1.165, 1.54) is 0 Å². The molecule has 84 valence electrons. The molecular weight excluding hydrogens is 212 g/mol. The normalized spacial score (nSPS) is 12.4. The molecule has 0 radical (unpaired) electrons. The third kappa shape index (κ3) is 3.97. The molecule has 15 heavy (non-hydrogen) atoms. The molecule has 3 N–H and O–H groups in total. The van der Waals surface area contributed by atoms with Gasteiger partial charge in [-0.05, 0) is 18.6 Å². The van der Waals surface area contributed by atoms with Gasteiger partial charge in [0.05, 0.1) is 17.3 Å². The Hall–Kier alpha value is -0.940. The Morgan fingerprint density at radius 3 is 3.07 bits per heavy atom. The molecule has 0 aliphatic rings. The van der Waals surface area contributed by atoms with Crippen LogP contribution in [0.2, 0.25) is 0 Å². The van der Waals surface area contributed by atoms with E-state index in [9.17, 15) is 4.79 Å². The average Bonchev–Trinajstić information content (AvgIpc) is 2.76. The highest BCUT2D eigenvalue weighted by molar-refractivity contribution is 7.99. The fourth-order valence-electron chi connectivity index (χ4n) is 1.22. The van der Waals surface area contributed by atoms with Crippen molar-refractivity contribution >= 4 is 17.7 Å². The minimum absolute atomic E-state index is 0.0925. The molecule has 1 unspecified atom stereocenters. The predicted octanol–water partition coefficient (Wildman–Crippen LogP) is 1.67. The summed E-state index contributed by atoms with van der Waals surface area (Å²) in [7, 11) is 0. The number of furan rings is 1. The van der Waals surface area contributed by atoms with Crippen molar-refractivity contribution in [3.05, 3.63) is 24.2 Å². The Bertz CT molecular complexity index is 288. The smallest absolute Gasteiger partial charge is 0.246 e. The summed E-state index contributed by atoms with van der Waals surface area (Å²) in [6.07, 6.45) is 3.42. The van der Waals surface area contributed by atoms with Crippen molar-refractivity contribution in [3.63, 3.8) is 0 Å². The zero-order chi connectivity index (χ0) is 11.1. The van der Waals surface area contributed by atoms with Crippen molar-refractivity contribution < 1.29 is 9.21 Å². The molecule has 0 saturated heterocycles. The largest absolute Gasteiger partial charge is 0.468 e. The number of hydrazine groups is 1. The Labute approximate surface area is 93.6 Å². The molecular formula is C10H16N2O2S. The summed E-state index contributed by atoms with van der Waals surface area (Å²) in [4.78, 5) is 11.4. The Morgan fingerprint density at radius 2 is 2.53 bits per heavy atom. The van der Waals surface area contributed by atoms with Crippen molar-refractivity contribution in [2.75, 3.05) is 0 Å². The molecule has 1 amide bonds. The molecule has 0 aliphatic carbocycles. The van der Waals surface area contributed by atoms with Crippen molar-refractivity contribution in [3.8, 4) is 0 Å². The zero-order valence-corrected chi connectivity index (χ0v) is 9.55. The second-order valence-electron chi connectivity index (χ2n) is 3.18. The fraction of sp³-hybridized carbons (Fsp3) is 0.500. The molecule has 0 bridgehead atoms. The molecule has 0 spiro atoms. The SMILES string of the molecule is CCCC(SCc1ccco1)C(=O)NN. The van der Waals surface area contributed by atoms with E-state index in [0.29, 0.717) is 5.75 Å². The molecule has 1 aromatic rings. The fourth-order valence-corrected chi connectivity index (χ4v) is 2.37. The molecule has 1 atom stereocenters. The third-order valence-corrected chi connectivity index (χ3v) is 3.30. The molecule has 0 saturated carbocycles. The summed E-state index contributed by atoms with van der Waals surface area (Å²) in [5, 5.41) is -0.0925. The quantitative estimate of drug-likeness (QED) is 0.441. The number of nitrogens with two attached hydrogens (primary N) is 1. The van der Waals surface area contributed by atoms with Crippen LogP contribution in [-0.2, 0) is 10.5 Å². The van der Waals surface area contributed by atoms with E-state index >= 15 is 0 Å². The summed E-state index contributed by atoms with van der Waals surface area (Å²) < 4.78 is 5.19. The van der Waals surface area contributed by atoms with Gasteiger partial charge in [0.2, 0.25) is 5.91 Å². The second kappa shape index (κ2) is 6.53. The van der Waals surface area contributed by atoms with Gasteiger partial charge in [0, 0.05) is 0 Å². The lowest BCUT2D eigenvalue weighted by atomic mass is 10.2. The van der Waals surface area contributed by atoms with E-state index in [0.717, 1.165) is 18.6 Å². The number of thioether (sulfide) groups is 1. The standard InChI is InChI=1S/C10H16N2O2S/c1-2-4-9(10(13)12-11)15-7-8-5-3-6-14-8/h3,5-6,9H,2,4,7,11H2,1H3,(H,12,13). The number of amides is 1. The monoisotopic (exact) mass is 228 g/mol. The molecule has 1 rings (SSSR count). The number of carbonyl (C=O) groups excluding carboxylic acids is 1. The van der Waals surface area contributed by atoms with E-state index in [2.05, 4.69) is 5.43 Å². The van der Waals surface area contributed by atoms with Crippen LogP contribution in [-0.4, -0.2) is 11.2 Å². The lowest BCUT2D eigenvalue weighted by Gasteiger charge is -2.12. The summed E-state index contributed by atoms with van der Waals surface area (Å²) in [6, 6.07) is 3.74. The van der Waals surface area contributed by atoms with E-state index in [4.69, 9.17) is 10.3 Å². The van der Waals surface area contributed by atoms with Crippen LogP contribution in [0, 0.1) is 0 Å². The van der Waals surface area contributed by atoms with E-state index in [1.807, 2.05) is 19.1 Å². The van der Waals surface area contributed by atoms with Crippen LogP contribution in [0.25, 0.3) is 0 Å². The van der Waals surface area contributed by atoms with Crippen LogP contribution in [0.4, 0.5) is 0 Å². The first-order valence-electron chi connectivity index (χ1n) is 4.92. The summed E-state index contributed by atoms with van der Waals surface area (Å²) in [5.74, 6) is 6.58. The van der Waals surface area contributed by atoms with Crippen LogP contribution in [0.3, 0.4) is 0 Å². The summed E-state index contributed by atoms with van der Waals surface area (Å²) in [5.41, 5.74) is 2.19.